The van der Waals surface area contributed by atoms with Gasteiger partial charge in [-0.15, -0.1) is 0 Å². The molecule has 2 heterocycles. The maximum atomic E-state index is 13.2. The number of nitrogens with zero attached hydrogens (tertiary/aromatic N) is 3. The van der Waals surface area contributed by atoms with E-state index in [4.69, 9.17) is 0 Å². The number of likely N-dealkylation sites (N-methyl/N-ethyl adjacent to an activating group) is 1. The number of hydrogen-bond acceptors (Lipinski definition) is 5. The summed E-state index contributed by atoms with van der Waals surface area (Å²) in [4.78, 5) is 39.3. The summed E-state index contributed by atoms with van der Waals surface area (Å²) in [6.45, 7) is 8.85. The fourth-order valence-electron chi connectivity index (χ4n) is 4.10. The summed E-state index contributed by atoms with van der Waals surface area (Å²) in [7, 11) is -3.62. The van der Waals surface area contributed by atoms with E-state index in [-0.39, 0.29) is 26.3 Å². The molecule has 10 heteroatoms. The predicted molar refractivity (Wildman–Crippen MR) is 105 cm³/mol. The minimum atomic E-state index is -3.62. The Morgan fingerprint density at radius 3 is 1.93 bits per heavy atom. The lowest BCUT2D eigenvalue weighted by atomic mass is 10.1. The van der Waals surface area contributed by atoms with Gasteiger partial charge in [-0.3, -0.25) is 14.5 Å². The number of carbonyl (C=O) groups is 3. The van der Waals surface area contributed by atoms with Crippen LogP contribution in [0.1, 0.15) is 23.6 Å². The average Bonchev–Trinajstić information content (AvgIpc) is 2.84. The summed E-state index contributed by atoms with van der Waals surface area (Å²) in [6.07, 6.45) is 0. The number of quaternary nitrogens is 1. The highest BCUT2D eigenvalue weighted by molar-refractivity contribution is 7.89. The molecule has 0 atom stereocenters. The van der Waals surface area contributed by atoms with Crippen LogP contribution in [0.4, 0.5) is 4.79 Å². The lowest BCUT2D eigenvalue weighted by Crippen LogP contribution is -3.16. The molecule has 0 aromatic heterocycles. The first kappa shape index (κ1) is 21.4. The van der Waals surface area contributed by atoms with Crippen LogP contribution in [0.15, 0.2) is 17.0 Å². The van der Waals surface area contributed by atoms with Crippen LogP contribution in [0.2, 0.25) is 0 Å². The van der Waals surface area contributed by atoms with E-state index in [9.17, 15) is 22.8 Å². The molecule has 0 unspecified atom stereocenters. The molecule has 0 aliphatic carbocycles. The summed E-state index contributed by atoms with van der Waals surface area (Å²) >= 11 is 0. The topological polar surface area (TPSA) is 99.5 Å². The molecule has 0 spiro atoms. The Kier molecular flexibility index (Phi) is 5.79. The fraction of sp³-hybridized carbons (Fsp3) is 0.526. The number of carbonyl (C=O) groups excluding carboxylic acids is 3. The molecule has 9 nitrogen and oxygen atoms in total. The van der Waals surface area contributed by atoms with Gasteiger partial charge in [0.1, 0.15) is 0 Å². The van der Waals surface area contributed by atoms with E-state index in [2.05, 4.69) is 0 Å². The number of hydrogen-bond donors (Lipinski definition) is 1. The molecule has 2 saturated heterocycles. The van der Waals surface area contributed by atoms with Gasteiger partial charge in [0.05, 0.1) is 31.1 Å². The molecular formula is C19H27N4O5S+. The van der Waals surface area contributed by atoms with Crippen molar-refractivity contribution in [2.45, 2.75) is 32.6 Å². The molecule has 29 heavy (non-hydrogen) atoms. The molecule has 158 valence electrons. The van der Waals surface area contributed by atoms with E-state index in [0.717, 1.165) is 31.4 Å². The number of piperazine rings is 1. The number of amides is 4. The molecule has 2 aliphatic heterocycles. The summed E-state index contributed by atoms with van der Waals surface area (Å²) in [5.41, 5.74) is 2.47. The van der Waals surface area contributed by atoms with Crippen molar-refractivity contribution in [3.05, 3.63) is 28.8 Å². The minimum Gasteiger partial charge on any atom is -0.315 e. The smallest absolute Gasteiger partial charge is 0.315 e. The molecule has 0 radical (unpaired) electrons. The van der Waals surface area contributed by atoms with Gasteiger partial charge in [0.15, 0.2) is 6.67 Å². The minimum absolute atomic E-state index is 0.0659. The highest BCUT2D eigenvalue weighted by Gasteiger charge is 2.45. The molecule has 0 bridgehead atoms. The highest BCUT2D eigenvalue weighted by Crippen LogP contribution is 2.25. The zero-order valence-electron chi connectivity index (χ0n) is 17.2. The van der Waals surface area contributed by atoms with Crippen LogP contribution in [0, 0.1) is 20.8 Å². The normalized spacial score (nSPS) is 19.5. The van der Waals surface area contributed by atoms with Crippen molar-refractivity contribution >= 4 is 27.9 Å². The quantitative estimate of drug-likeness (QED) is 0.497. The number of urea groups is 1. The molecule has 4 amide bonds. The number of aryl methyl sites for hydroxylation is 3. The van der Waals surface area contributed by atoms with Crippen LogP contribution in [0.25, 0.3) is 0 Å². The van der Waals surface area contributed by atoms with Gasteiger partial charge in [0.2, 0.25) is 10.0 Å². The Morgan fingerprint density at radius 1 is 0.931 bits per heavy atom. The number of benzene rings is 1. The first-order valence-electron chi connectivity index (χ1n) is 9.66. The molecule has 3 rings (SSSR count). The first-order chi connectivity index (χ1) is 13.6. The Bertz CT molecular complexity index is 944. The van der Waals surface area contributed by atoms with Gasteiger partial charge in [-0.25, -0.2) is 18.1 Å². The van der Waals surface area contributed by atoms with Crippen molar-refractivity contribution in [1.82, 2.24) is 14.1 Å². The monoisotopic (exact) mass is 423 g/mol. The van der Waals surface area contributed by atoms with Crippen LogP contribution in [0.5, 0.6) is 0 Å². The van der Waals surface area contributed by atoms with Crippen LogP contribution < -0.4 is 4.90 Å². The van der Waals surface area contributed by atoms with Crippen molar-refractivity contribution in [1.29, 1.82) is 0 Å². The number of sulfonamides is 1. The fourth-order valence-corrected chi connectivity index (χ4v) is 5.95. The van der Waals surface area contributed by atoms with E-state index in [1.165, 1.54) is 4.31 Å². The highest BCUT2D eigenvalue weighted by atomic mass is 32.2. The standard InChI is InChI=1S/C19H26N4O5S/c1-5-22-17(24)18(25)23(19(22)26)12-20-6-8-21(9-7-20)29(27,28)16-14(3)10-13(2)11-15(16)4/h10-11H,5-9,12H2,1-4H3/p+1. The molecule has 1 aromatic rings. The first-order valence-corrected chi connectivity index (χ1v) is 11.1. The number of nitrogens with one attached hydrogen (secondary N) is 1. The van der Waals surface area contributed by atoms with Crippen molar-refractivity contribution in [3.63, 3.8) is 0 Å². The Balaban J connectivity index is 1.69. The van der Waals surface area contributed by atoms with Crippen LogP contribution in [-0.4, -0.2) is 79.8 Å². The van der Waals surface area contributed by atoms with Gasteiger partial charge in [-0.05, 0) is 38.8 Å². The largest absolute Gasteiger partial charge is 0.338 e. The van der Waals surface area contributed by atoms with E-state index < -0.39 is 27.9 Å². The summed E-state index contributed by atoms with van der Waals surface area (Å²) in [6, 6.07) is 3.13. The Morgan fingerprint density at radius 2 is 1.45 bits per heavy atom. The third-order valence-electron chi connectivity index (χ3n) is 5.47. The third-order valence-corrected chi connectivity index (χ3v) is 7.67. The summed E-state index contributed by atoms with van der Waals surface area (Å²) in [5.74, 6) is -1.62. The van der Waals surface area contributed by atoms with Gasteiger partial charge in [-0.2, -0.15) is 4.31 Å². The van der Waals surface area contributed by atoms with E-state index in [0.29, 0.717) is 18.0 Å². The SMILES string of the molecule is CCN1C(=O)C(=O)N(C[NH+]2CCN(S(=O)(=O)c3c(C)cc(C)cc3C)CC2)C1=O. The third kappa shape index (κ3) is 3.79. The maximum absolute atomic E-state index is 13.2. The number of rotatable bonds is 5. The zero-order valence-corrected chi connectivity index (χ0v) is 18.0. The van der Waals surface area contributed by atoms with Gasteiger partial charge in [0, 0.05) is 6.54 Å². The van der Waals surface area contributed by atoms with Crippen molar-refractivity contribution in [3.8, 4) is 0 Å². The summed E-state index contributed by atoms with van der Waals surface area (Å²) in [5, 5.41) is 0. The zero-order chi connectivity index (χ0) is 21.5. The molecular weight excluding hydrogens is 396 g/mol. The molecule has 2 aliphatic rings. The second kappa shape index (κ2) is 7.85. The van der Waals surface area contributed by atoms with Gasteiger partial charge < -0.3 is 4.90 Å². The van der Waals surface area contributed by atoms with E-state index in [1.807, 2.05) is 19.1 Å². The lowest BCUT2D eigenvalue weighted by Gasteiger charge is -2.33. The Labute approximate surface area is 170 Å². The van der Waals surface area contributed by atoms with Crippen molar-refractivity contribution < 1.29 is 27.7 Å². The van der Waals surface area contributed by atoms with Gasteiger partial charge >= 0.3 is 17.8 Å². The number of imide groups is 2. The van der Waals surface area contributed by atoms with E-state index in [1.54, 1.807) is 20.8 Å². The summed E-state index contributed by atoms with van der Waals surface area (Å²) < 4.78 is 27.8. The lowest BCUT2D eigenvalue weighted by molar-refractivity contribution is -0.910. The van der Waals surface area contributed by atoms with Crippen LogP contribution >= 0.6 is 0 Å². The van der Waals surface area contributed by atoms with Crippen LogP contribution in [-0.2, 0) is 19.6 Å². The predicted octanol–water partition coefficient (Wildman–Crippen LogP) is -0.731. The van der Waals surface area contributed by atoms with Crippen molar-refractivity contribution in [2.24, 2.45) is 0 Å². The second-order valence-corrected chi connectivity index (χ2v) is 9.48. The van der Waals surface area contributed by atoms with Gasteiger partial charge in [0.25, 0.3) is 0 Å². The molecule has 2 fully saturated rings. The maximum Gasteiger partial charge on any atom is 0.338 e. The second-order valence-electron chi connectivity index (χ2n) is 7.61. The Hall–Kier alpha value is -2.30. The average molecular weight is 424 g/mol. The molecule has 1 aromatic carbocycles. The molecule has 1 N–H and O–H groups in total. The molecule has 0 saturated carbocycles. The van der Waals surface area contributed by atoms with E-state index >= 15 is 0 Å². The van der Waals surface area contributed by atoms with Crippen LogP contribution in [0.3, 0.4) is 0 Å². The van der Waals surface area contributed by atoms with Gasteiger partial charge in [-0.1, -0.05) is 17.7 Å². The van der Waals surface area contributed by atoms with Crippen molar-refractivity contribution in [2.75, 3.05) is 39.4 Å².